The predicted octanol–water partition coefficient (Wildman–Crippen LogP) is 5.56. The standard InChI is InChI=1S/C16H15ClN2S2/c1-11-8-14(16(17)18-10-11)19-13(15-5-3-7-21-15)9-12-4-2-6-20-12/h2-8,10,13,19H,9H2,1H3. The van der Waals surface area contributed by atoms with Gasteiger partial charge in [0.05, 0.1) is 11.7 Å². The highest BCUT2D eigenvalue weighted by Crippen LogP contribution is 2.31. The number of hydrogen-bond acceptors (Lipinski definition) is 4. The number of hydrogen-bond donors (Lipinski definition) is 1. The zero-order valence-electron chi connectivity index (χ0n) is 11.5. The van der Waals surface area contributed by atoms with Crippen molar-refractivity contribution >= 4 is 40.0 Å². The lowest BCUT2D eigenvalue weighted by atomic mass is 10.1. The first kappa shape index (κ1) is 14.6. The first-order valence-corrected chi connectivity index (χ1v) is 8.80. The average molecular weight is 335 g/mol. The minimum absolute atomic E-state index is 0.213. The molecule has 0 amide bonds. The maximum Gasteiger partial charge on any atom is 0.152 e. The molecule has 0 saturated heterocycles. The third-order valence-electron chi connectivity index (χ3n) is 3.18. The Bertz CT molecular complexity index is 693. The van der Waals surface area contributed by atoms with E-state index in [1.54, 1.807) is 28.9 Å². The Balaban J connectivity index is 1.87. The summed E-state index contributed by atoms with van der Waals surface area (Å²) in [5, 5.41) is 8.29. The zero-order chi connectivity index (χ0) is 14.7. The van der Waals surface area contributed by atoms with Gasteiger partial charge in [-0.05, 0) is 41.4 Å². The lowest BCUT2D eigenvalue weighted by Crippen LogP contribution is -2.12. The lowest BCUT2D eigenvalue weighted by molar-refractivity contribution is 0.801. The minimum Gasteiger partial charge on any atom is -0.375 e. The molecule has 1 N–H and O–H groups in total. The number of halogens is 1. The van der Waals surface area contributed by atoms with Crippen LogP contribution >= 0.6 is 34.3 Å². The van der Waals surface area contributed by atoms with Gasteiger partial charge in [0.25, 0.3) is 0 Å². The molecular formula is C16H15ClN2S2. The molecule has 0 saturated carbocycles. The molecule has 0 aromatic carbocycles. The molecule has 5 heteroatoms. The number of aryl methyl sites for hydroxylation is 1. The highest BCUT2D eigenvalue weighted by atomic mass is 35.5. The van der Waals surface area contributed by atoms with Crippen LogP contribution in [0.15, 0.2) is 47.3 Å². The van der Waals surface area contributed by atoms with E-state index in [1.807, 2.05) is 13.0 Å². The number of nitrogens with one attached hydrogen (secondary N) is 1. The SMILES string of the molecule is Cc1cnc(Cl)c(NC(Cc2cccs2)c2cccs2)c1. The van der Waals surface area contributed by atoms with E-state index in [0.29, 0.717) is 5.15 Å². The first-order valence-electron chi connectivity index (χ1n) is 6.67. The molecular weight excluding hydrogens is 320 g/mol. The van der Waals surface area contributed by atoms with Crippen LogP contribution in [0.4, 0.5) is 5.69 Å². The number of rotatable bonds is 5. The van der Waals surface area contributed by atoms with Crippen molar-refractivity contribution < 1.29 is 0 Å². The second kappa shape index (κ2) is 6.60. The molecule has 3 heterocycles. The van der Waals surface area contributed by atoms with Gasteiger partial charge in [-0.15, -0.1) is 22.7 Å². The van der Waals surface area contributed by atoms with Gasteiger partial charge < -0.3 is 5.32 Å². The Hall–Kier alpha value is -1.36. The van der Waals surface area contributed by atoms with Crippen molar-refractivity contribution in [2.75, 3.05) is 5.32 Å². The zero-order valence-corrected chi connectivity index (χ0v) is 13.9. The van der Waals surface area contributed by atoms with E-state index in [-0.39, 0.29) is 6.04 Å². The Morgan fingerprint density at radius 1 is 1.24 bits per heavy atom. The van der Waals surface area contributed by atoms with E-state index in [0.717, 1.165) is 17.7 Å². The highest BCUT2D eigenvalue weighted by Gasteiger charge is 2.16. The minimum atomic E-state index is 0.213. The van der Waals surface area contributed by atoms with Gasteiger partial charge in [0.2, 0.25) is 0 Å². The third-order valence-corrected chi connectivity index (χ3v) is 5.36. The van der Waals surface area contributed by atoms with E-state index in [4.69, 9.17) is 11.6 Å². The number of thiophene rings is 2. The summed E-state index contributed by atoms with van der Waals surface area (Å²) in [5.41, 5.74) is 1.99. The molecule has 2 nitrogen and oxygen atoms in total. The lowest BCUT2D eigenvalue weighted by Gasteiger charge is -2.19. The first-order chi connectivity index (χ1) is 10.2. The van der Waals surface area contributed by atoms with E-state index < -0.39 is 0 Å². The molecule has 21 heavy (non-hydrogen) atoms. The molecule has 108 valence electrons. The molecule has 1 unspecified atom stereocenters. The van der Waals surface area contributed by atoms with E-state index >= 15 is 0 Å². The van der Waals surface area contributed by atoms with Crippen LogP contribution in [0.25, 0.3) is 0 Å². The molecule has 0 bridgehead atoms. The van der Waals surface area contributed by atoms with Crippen LogP contribution in [0.5, 0.6) is 0 Å². The second-order valence-corrected chi connectivity index (χ2v) is 7.22. The number of nitrogens with zero attached hydrogens (tertiary/aromatic N) is 1. The van der Waals surface area contributed by atoms with Crippen molar-refractivity contribution in [2.24, 2.45) is 0 Å². The van der Waals surface area contributed by atoms with Gasteiger partial charge in [0.1, 0.15) is 0 Å². The topological polar surface area (TPSA) is 24.9 Å². The van der Waals surface area contributed by atoms with E-state index in [9.17, 15) is 0 Å². The number of anilines is 1. The van der Waals surface area contributed by atoms with Crippen LogP contribution in [-0.2, 0) is 6.42 Å². The fourth-order valence-electron chi connectivity index (χ4n) is 2.18. The van der Waals surface area contributed by atoms with Crippen LogP contribution in [-0.4, -0.2) is 4.98 Å². The predicted molar refractivity (Wildman–Crippen MR) is 92.7 cm³/mol. The smallest absolute Gasteiger partial charge is 0.152 e. The molecule has 3 aromatic heterocycles. The largest absolute Gasteiger partial charge is 0.375 e. The number of aromatic nitrogens is 1. The van der Waals surface area contributed by atoms with Gasteiger partial charge in [0.15, 0.2) is 5.15 Å². The molecule has 1 atom stereocenters. The van der Waals surface area contributed by atoms with Gasteiger partial charge in [-0.25, -0.2) is 4.98 Å². The molecule has 0 aliphatic rings. The van der Waals surface area contributed by atoms with Crippen LogP contribution in [0.1, 0.15) is 21.4 Å². The van der Waals surface area contributed by atoms with E-state index in [1.165, 1.54) is 9.75 Å². The van der Waals surface area contributed by atoms with E-state index in [2.05, 4.69) is 45.3 Å². The quantitative estimate of drug-likeness (QED) is 0.617. The highest BCUT2D eigenvalue weighted by molar-refractivity contribution is 7.10. The summed E-state index contributed by atoms with van der Waals surface area (Å²) >= 11 is 9.76. The van der Waals surface area contributed by atoms with Crippen molar-refractivity contribution in [2.45, 2.75) is 19.4 Å². The Labute approximate surface area is 137 Å². The average Bonchev–Trinajstić information content (AvgIpc) is 3.14. The van der Waals surface area contributed by atoms with Gasteiger partial charge in [0, 0.05) is 22.4 Å². The Kier molecular flexibility index (Phi) is 4.58. The summed E-state index contributed by atoms with van der Waals surface area (Å²) in [6.07, 6.45) is 2.73. The summed E-state index contributed by atoms with van der Waals surface area (Å²) in [5.74, 6) is 0. The normalized spacial score (nSPS) is 12.3. The fraction of sp³-hybridized carbons (Fsp3) is 0.188. The van der Waals surface area contributed by atoms with Crippen LogP contribution in [0.2, 0.25) is 5.15 Å². The summed E-state index contributed by atoms with van der Waals surface area (Å²) in [4.78, 5) is 6.88. The summed E-state index contributed by atoms with van der Waals surface area (Å²) < 4.78 is 0. The maximum atomic E-state index is 6.22. The van der Waals surface area contributed by atoms with Gasteiger partial charge in [-0.3, -0.25) is 0 Å². The summed E-state index contributed by atoms with van der Waals surface area (Å²) in [6.45, 7) is 2.02. The summed E-state index contributed by atoms with van der Waals surface area (Å²) in [7, 11) is 0. The van der Waals surface area contributed by atoms with Gasteiger partial charge >= 0.3 is 0 Å². The maximum absolute atomic E-state index is 6.22. The molecule has 3 rings (SSSR count). The van der Waals surface area contributed by atoms with Crippen molar-refractivity contribution in [1.29, 1.82) is 0 Å². The van der Waals surface area contributed by atoms with Crippen molar-refractivity contribution in [3.8, 4) is 0 Å². The van der Waals surface area contributed by atoms with Crippen LogP contribution < -0.4 is 5.32 Å². The molecule has 0 fully saturated rings. The number of pyridine rings is 1. The van der Waals surface area contributed by atoms with Crippen molar-refractivity contribution in [3.05, 3.63) is 67.8 Å². The van der Waals surface area contributed by atoms with Crippen molar-refractivity contribution in [3.63, 3.8) is 0 Å². The molecule has 3 aromatic rings. The Morgan fingerprint density at radius 2 is 2.05 bits per heavy atom. The van der Waals surface area contributed by atoms with Crippen LogP contribution in [0.3, 0.4) is 0 Å². The molecule has 0 aliphatic carbocycles. The van der Waals surface area contributed by atoms with Crippen LogP contribution in [0, 0.1) is 6.92 Å². The molecule has 0 spiro atoms. The van der Waals surface area contributed by atoms with Gasteiger partial charge in [-0.2, -0.15) is 0 Å². The van der Waals surface area contributed by atoms with Gasteiger partial charge in [-0.1, -0.05) is 23.7 Å². The molecule has 0 aliphatic heterocycles. The van der Waals surface area contributed by atoms with Crippen molar-refractivity contribution in [1.82, 2.24) is 4.98 Å². The fourth-order valence-corrected chi connectivity index (χ4v) is 3.87. The second-order valence-electron chi connectivity index (χ2n) is 4.85. The Morgan fingerprint density at radius 3 is 2.76 bits per heavy atom. The summed E-state index contributed by atoms with van der Waals surface area (Å²) in [6, 6.07) is 10.8. The third kappa shape index (κ3) is 3.64. The molecule has 0 radical (unpaired) electrons. The monoisotopic (exact) mass is 334 g/mol.